The fourth-order valence-corrected chi connectivity index (χ4v) is 1.65. The molecule has 4 nitrogen and oxygen atoms in total. The molecule has 0 saturated heterocycles. The van der Waals surface area contributed by atoms with Crippen molar-refractivity contribution < 1.29 is 9.21 Å². The number of hydrogen-bond acceptors (Lipinski definition) is 3. The fraction of sp³-hybridized carbons (Fsp3) is 0.286. The lowest BCUT2D eigenvalue weighted by Crippen LogP contribution is -2.30. The number of amides is 1. The van der Waals surface area contributed by atoms with Gasteiger partial charge in [0.05, 0.1) is 0 Å². The van der Waals surface area contributed by atoms with Crippen LogP contribution in [0.2, 0.25) is 0 Å². The molecule has 2 aromatic rings. The molecule has 18 heavy (non-hydrogen) atoms. The standard InChI is InChI=1S/C14H16N2O2/c1-9(2)16-14(17)12-13(18-8-15-12)11-6-4-10(3)5-7-11/h4-9H,1-3H3,(H,16,17). The van der Waals surface area contributed by atoms with Gasteiger partial charge in [-0.15, -0.1) is 0 Å². The Labute approximate surface area is 106 Å². The van der Waals surface area contributed by atoms with Crippen molar-refractivity contribution in [2.24, 2.45) is 0 Å². The van der Waals surface area contributed by atoms with Crippen molar-refractivity contribution in [2.75, 3.05) is 0 Å². The molecule has 0 aliphatic carbocycles. The topological polar surface area (TPSA) is 55.1 Å². The number of carbonyl (C=O) groups is 1. The lowest BCUT2D eigenvalue weighted by molar-refractivity contribution is 0.0939. The molecule has 0 aliphatic rings. The summed E-state index contributed by atoms with van der Waals surface area (Å²) in [6.45, 7) is 5.82. The van der Waals surface area contributed by atoms with Gasteiger partial charge in [0.1, 0.15) is 0 Å². The molecule has 1 aromatic carbocycles. The first-order valence-electron chi connectivity index (χ1n) is 5.89. The summed E-state index contributed by atoms with van der Waals surface area (Å²) < 4.78 is 5.32. The van der Waals surface area contributed by atoms with E-state index in [0.717, 1.165) is 11.1 Å². The Morgan fingerprint density at radius 2 is 1.94 bits per heavy atom. The second-order valence-corrected chi connectivity index (χ2v) is 4.52. The molecule has 1 amide bonds. The third-order valence-electron chi connectivity index (χ3n) is 2.52. The molecule has 0 spiro atoms. The highest BCUT2D eigenvalue weighted by atomic mass is 16.3. The van der Waals surface area contributed by atoms with Crippen LogP contribution in [0.3, 0.4) is 0 Å². The van der Waals surface area contributed by atoms with E-state index in [9.17, 15) is 4.79 Å². The first-order valence-corrected chi connectivity index (χ1v) is 5.89. The average Bonchev–Trinajstić information content (AvgIpc) is 2.78. The van der Waals surface area contributed by atoms with Crippen molar-refractivity contribution in [3.8, 4) is 11.3 Å². The van der Waals surface area contributed by atoms with Crippen molar-refractivity contribution in [3.63, 3.8) is 0 Å². The smallest absolute Gasteiger partial charge is 0.274 e. The molecule has 0 radical (unpaired) electrons. The van der Waals surface area contributed by atoms with Gasteiger partial charge in [-0.3, -0.25) is 4.79 Å². The molecule has 1 aromatic heterocycles. The van der Waals surface area contributed by atoms with Crippen LogP contribution in [0.5, 0.6) is 0 Å². The molecule has 94 valence electrons. The van der Waals surface area contributed by atoms with Crippen LogP contribution in [0.15, 0.2) is 35.1 Å². The molecule has 0 saturated carbocycles. The molecule has 0 aliphatic heterocycles. The Balaban J connectivity index is 2.33. The van der Waals surface area contributed by atoms with Gasteiger partial charge in [0.2, 0.25) is 0 Å². The normalized spacial score (nSPS) is 10.7. The van der Waals surface area contributed by atoms with E-state index in [4.69, 9.17) is 4.42 Å². The third kappa shape index (κ3) is 2.59. The van der Waals surface area contributed by atoms with Gasteiger partial charge in [0.15, 0.2) is 17.8 Å². The summed E-state index contributed by atoms with van der Waals surface area (Å²) in [5, 5.41) is 2.81. The maximum Gasteiger partial charge on any atom is 0.274 e. The molecule has 4 heteroatoms. The Morgan fingerprint density at radius 1 is 1.28 bits per heavy atom. The fourth-order valence-electron chi connectivity index (χ4n) is 1.65. The van der Waals surface area contributed by atoms with Crippen LogP contribution in [0.4, 0.5) is 0 Å². The minimum Gasteiger partial charge on any atom is -0.443 e. The Kier molecular flexibility index (Phi) is 3.46. The number of nitrogens with zero attached hydrogens (tertiary/aromatic N) is 1. The van der Waals surface area contributed by atoms with Crippen molar-refractivity contribution in [2.45, 2.75) is 26.8 Å². The summed E-state index contributed by atoms with van der Waals surface area (Å²) in [5.74, 6) is 0.294. The van der Waals surface area contributed by atoms with Gasteiger partial charge in [-0.05, 0) is 20.8 Å². The summed E-state index contributed by atoms with van der Waals surface area (Å²) in [6.07, 6.45) is 1.30. The number of hydrogen-bond donors (Lipinski definition) is 1. The van der Waals surface area contributed by atoms with Gasteiger partial charge in [0.25, 0.3) is 5.91 Å². The number of benzene rings is 1. The Bertz CT molecular complexity index is 541. The summed E-state index contributed by atoms with van der Waals surface area (Å²) in [6, 6.07) is 7.86. The van der Waals surface area contributed by atoms with Crippen LogP contribution in [0.25, 0.3) is 11.3 Å². The van der Waals surface area contributed by atoms with Gasteiger partial charge in [0, 0.05) is 11.6 Å². The Hall–Kier alpha value is -2.10. The van der Waals surface area contributed by atoms with E-state index < -0.39 is 0 Å². The van der Waals surface area contributed by atoms with Crippen LogP contribution in [0, 0.1) is 6.92 Å². The van der Waals surface area contributed by atoms with E-state index >= 15 is 0 Å². The highest BCUT2D eigenvalue weighted by Crippen LogP contribution is 2.23. The maximum absolute atomic E-state index is 11.9. The van der Waals surface area contributed by atoms with Crippen LogP contribution in [-0.2, 0) is 0 Å². The monoisotopic (exact) mass is 244 g/mol. The molecular formula is C14H16N2O2. The SMILES string of the molecule is Cc1ccc(-c2ocnc2C(=O)NC(C)C)cc1. The number of carbonyl (C=O) groups excluding carboxylic acids is 1. The third-order valence-corrected chi connectivity index (χ3v) is 2.52. The quantitative estimate of drug-likeness (QED) is 0.903. The van der Waals surface area contributed by atoms with Crippen molar-refractivity contribution >= 4 is 5.91 Å². The molecule has 0 fully saturated rings. The van der Waals surface area contributed by atoms with E-state index in [-0.39, 0.29) is 11.9 Å². The van der Waals surface area contributed by atoms with Crippen molar-refractivity contribution in [1.29, 1.82) is 0 Å². The second kappa shape index (κ2) is 5.04. The summed E-state index contributed by atoms with van der Waals surface area (Å²) in [4.78, 5) is 15.9. The van der Waals surface area contributed by atoms with Crippen LogP contribution >= 0.6 is 0 Å². The van der Waals surface area contributed by atoms with E-state index in [1.54, 1.807) is 0 Å². The van der Waals surface area contributed by atoms with Crippen LogP contribution in [-0.4, -0.2) is 16.9 Å². The molecular weight excluding hydrogens is 228 g/mol. The van der Waals surface area contributed by atoms with E-state index in [1.165, 1.54) is 6.39 Å². The highest BCUT2D eigenvalue weighted by molar-refractivity contribution is 5.97. The van der Waals surface area contributed by atoms with E-state index in [1.807, 2.05) is 45.0 Å². The zero-order chi connectivity index (χ0) is 13.1. The molecule has 1 N–H and O–H groups in total. The molecule has 2 rings (SSSR count). The minimum atomic E-state index is -0.214. The average molecular weight is 244 g/mol. The van der Waals surface area contributed by atoms with Crippen LogP contribution in [0.1, 0.15) is 29.9 Å². The second-order valence-electron chi connectivity index (χ2n) is 4.52. The van der Waals surface area contributed by atoms with E-state index in [2.05, 4.69) is 10.3 Å². The number of aromatic nitrogens is 1. The summed E-state index contributed by atoms with van der Waals surface area (Å²) >= 11 is 0. The minimum absolute atomic E-state index is 0.0695. The number of aryl methyl sites for hydroxylation is 1. The van der Waals surface area contributed by atoms with Crippen molar-refractivity contribution in [1.82, 2.24) is 10.3 Å². The molecule has 0 atom stereocenters. The Morgan fingerprint density at radius 3 is 2.56 bits per heavy atom. The highest BCUT2D eigenvalue weighted by Gasteiger charge is 2.18. The maximum atomic E-state index is 11.9. The summed E-state index contributed by atoms with van der Waals surface area (Å²) in [5.41, 5.74) is 2.34. The van der Waals surface area contributed by atoms with Gasteiger partial charge in [-0.25, -0.2) is 4.98 Å². The van der Waals surface area contributed by atoms with Gasteiger partial charge >= 0.3 is 0 Å². The lowest BCUT2D eigenvalue weighted by Gasteiger charge is -2.07. The molecule has 0 bridgehead atoms. The molecule has 1 heterocycles. The number of nitrogens with one attached hydrogen (secondary N) is 1. The first kappa shape index (κ1) is 12.4. The number of oxazole rings is 1. The first-order chi connectivity index (χ1) is 8.58. The predicted molar refractivity (Wildman–Crippen MR) is 69.3 cm³/mol. The van der Waals surface area contributed by atoms with Gasteiger partial charge in [-0.2, -0.15) is 0 Å². The zero-order valence-electron chi connectivity index (χ0n) is 10.7. The number of rotatable bonds is 3. The van der Waals surface area contributed by atoms with Crippen LogP contribution < -0.4 is 5.32 Å². The van der Waals surface area contributed by atoms with E-state index in [0.29, 0.717) is 11.5 Å². The predicted octanol–water partition coefficient (Wildman–Crippen LogP) is 2.79. The van der Waals surface area contributed by atoms with Gasteiger partial charge in [-0.1, -0.05) is 29.8 Å². The van der Waals surface area contributed by atoms with Gasteiger partial charge < -0.3 is 9.73 Å². The zero-order valence-corrected chi connectivity index (χ0v) is 10.7. The molecule has 0 unspecified atom stereocenters. The summed E-state index contributed by atoms with van der Waals surface area (Å²) in [7, 11) is 0. The largest absolute Gasteiger partial charge is 0.443 e. The lowest BCUT2D eigenvalue weighted by atomic mass is 10.1. The van der Waals surface area contributed by atoms with Crippen molar-refractivity contribution in [3.05, 3.63) is 41.9 Å².